The van der Waals surface area contributed by atoms with Crippen LogP contribution < -0.4 is 9.64 Å². The number of ether oxygens (including phenoxy) is 1. The molecule has 0 saturated carbocycles. The van der Waals surface area contributed by atoms with E-state index < -0.39 is 37.0 Å². The van der Waals surface area contributed by atoms with E-state index >= 15 is 0 Å². The van der Waals surface area contributed by atoms with Gasteiger partial charge in [-0.2, -0.15) is 4.58 Å². The van der Waals surface area contributed by atoms with Gasteiger partial charge in [0.25, 0.3) is 0 Å². The van der Waals surface area contributed by atoms with Gasteiger partial charge in [-0.3, -0.25) is 4.79 Å². The minimum Gasteiger partial charge on any atom is -0.744 e. The second-order valence-electron chi connectivity index (χ2n) is 19.0. The van der Waals surface area contributed by atoms with Gasteiger partial charge in [0.05, 0.1) is 77.0 Å². The van der Waals surface area contributed by atoms with Gasteiger partial charge in [-0.15, -0.1) is 0 Å². The number of aliphatic carboxylic acids is 1. The zero-order chi connectivity index (χ0) is 45.3. The van der Waals surface area contributed by atoms with E-state index in [4.69, 9.17) is 4.74 Å². The highest BCUT2D eigenvalue weighted by atomic mass is 32.2. The van der Waals surface area contributed by atoms with Crippen molar-refractivity contribution in [1.29, 1.82) is 0 Å². The van der Waals surface area contributed by atoms with Gasteiger partial charge in [0.2, 0.25) is 5.69 Å². The molecule has 0 radical (unpaired) electrons. The Hall–Kier alpha value is -4.64. The molecule has 0 aliphatic carbocycles. The van der Waals surface area contributed by atoms with E-state index in [1.54, 1.807) is 24.3 Å². The van der Waals surface area contributed by atoms with Crippen LogP contribution in [0.2, 0.25) is 0 Å². The summed E-state index contributed by atoms with van der Waals surface area (Å²) < 4.78 is 83.2. The van der Waals surface area contributed by atoms with Gasteiger partial charge in [-0.25, -0.2) is 16.8 Å². The second kappa shape index (κ2) is 17.6. The summed E-state index contributed by atoms with van der Waals surface area (Å²) in [4.78, 5) is 12.8. The molecule has 1 N–H and O–H groups in total. The molecule has 3 aromatic carbocycles. The number of hydrogen-bond acceptors (Lipinski definition) is 9. The van der Waals surface area contributed by atoms with E-state index in [0.29, 0.717) is 42.1 Å². The van der Waals surface area contributed by atoms with E-state index in [1.165, 1.54) is 24.3 Å². The minimum atomic E-state index is -4.70. The Morgan fingerprint density at radius 1 is 0.803 bits per heavy atom. The fraction of sp³-hybridized carbons (Fsp3) is 0.435. The number of carbonyl (C=O) groups is 1. The first kappa shape index (κ1) is 47.4. The standard InChI is InChI=1S/C46H60N4O9S2/c1-45(2)38-31-36(60(53,54)55)20-22-40(38)47(27-11-29-49(5,6)7)42(45)24-18-35(59-34-16-13-33(14-17-34)15-26-44(51)52)19-25-43-46(3,4)39-32-37(61(56,57)58)21-23-41(39)48(43)28-12-30-50(8,9)10/h13-14,16-25,31-32H,11-12,15,26-30H2,1-10H3/p+1. The van der Waals surface area contributed by atoms with Crippen LogP contribution in [0.3, 0.4) is 0 Å². The third kappa shape index (κ3) is 11.6. The fourth-order valence-corrected chi connectivity index (χ4v) is 9.06. The first-order valence-electron chi connectivity index (χ1n) is 20.4. The number of nitrogens with zero attached hydrogens (tertiary/aromatic N) is 4. The van der Waals surface area contributed by atoms with Crippen molar-refractivity contribution in [2.45, 2.75) is 74.0 Å². The molecule has 0 spiro atoms. The molecule has 2 heterocycles. The summed E-state index contributed by atoms with van der Waals surface area (Å²) in [6.45, 7) is 11.0. The Balaban J connectivity index is 1.65. The first-order valence-corrected chi connectivity index (χ1v) is 23.2. The Labute approximate surface area is 362 Å². The molecule has 0 aromatic heterocycles. The molecule has 5 rings (SSSR count). The molecule has 0 unspecified atom stereocenters. The maximum absolute atomic E-state index is 12.2. The van der Waals surface area contributed by atoms with Crippen LogP contribution in [0.1, 0.15) is 63.6 Å². The summed E-state index contributed by atoms with van der Waals surface area (Å²) >= 11 is 0. The zero-order valence-corrected chi connectivity index (χ0v) is 38.7. The highest BCUT2D eigenvalue weighted by Crippen LogP contribution is 2.49. The second-order valence-corrected chi connectivity index (χ2v) is 21.8. The molecule has 3 aromatic rings. The van der Waals surface area contributed by atoms with Crippen molar-refractivity contribution >= 4 is 43.3 Å². The monoisotopic (exact) mass is 877 g/mol. The number of fused-ring (bicyclic) bond motifs is 2. The molecule has 61 heavy (non-hydrogen) atoms. The normalized spacial score (nSPS) is 17.3. The summed E-state index contributed by atoms with van der Waals surface area (Å²) in [6.07, 6.45) is 9.65. The lowest BCUT2D eigenvalue weighted by atomic mass is 9.81. The topological polar surface area (TPSA) is 167 Å². The molecule has 0 bridgehead atoms. The van der Waals surface area contributed by atoms with Gasteiger partial charge in [-0.05, 0) is 92.1 Å². The molecule has 2 aliphatic rings. The first-order chi connectivity index (χ1) is 28.1. The Bertz CT molecular complexity index is 2510. The lowest BCUT2D eigenvalue weighted by molar-refractivity contribution is -0.871. The molecule has 330 valence electrons. The summed E-state index contributed by atoms with van der Waals surface area (Å²) in [7, 11) is 3.34. The van der Waals surface area contributed by atoms with Gasteiger partial charge in [0, 0.05) is 53.9 Å². The van der Waals surface area contributed by atoms with Crippen molar-refractivity contribution in [2.75, 3.05) is 73.4 Å². The number of anilines is 1. The van der Waals surface area contributed by atoms with E-state index in [-0.39, 0.29) is 16.2 Å². The maximum Gasteiger partial charge on any atom is 0.303 e. The van der Waals surface area contributed by atoms with Crippen LogP contribution in [-0.2, 0) is 42.3 Å². The van der Waals surface area contributed by atoms with E-state index in [0.717, 1.165) is 63.2 Å². The van der Waals surface area contributed by atoms with Crippen LogP contribution in [0.25, 0.3) is 0 Å². The van der Waals surface area contributed by atoms with Gasteiger partial charge in [-0.1, -0.05) is 26.0 Å². The SMILES string of the molecule is CC1(C)C(/C=C/C(=C/C=C2/N(CCC[N+](C)(C)C)c3ccc(S(=O)(=O)[O-])cc3C2(C)C)Oc2ccc(CCC(=O)O)cc2)=[N+](CCC[N+](C)(C)C)c2ccc(S(=O)(=O)[O-])cc21. The Morgan fingerprint density at radius 3 is 1.95 bits per heavy atom. The van der Waals surface area contributed by atoms with Crippen molar-refractivity contribution in [3.8, 4) is 5.75 Å². The van der Waals surface area contributed by atoms with Crippen molar-refractivity contribution in [1.82, 2.24) is 0 Å². The largest absolute Gasteiger partial charge is 0.744 e. The van der Waals surface area contributed by atoms with Crippen LogP contribution in [0.15, 0.2) is 106 Å². The number of allylic oxidation sites excluding steroid dienone is 5. The highest BCUT2D eigenvalue weighted by Gasteiger charge is 2.45. The number of quaternary nitrogens is 2. The smallest absolute Gasteiger partial charge is 0.303 e. The van der Waals surface area contributed by atoms with Crippen molar-refractivity contribution in [3.05, 3.63) is 113 Å². The molecule has 0 saturated heterocycles. The van der Waals surface area contributed by atoms with Crippen LogP contribution in [0.4, 0.5) is 11.4 Å². The molecule has 0 fully saturated rings. The van der Waals surface area contributed by atoms with Crippen LogP contribution in [0, 0.1) is 0 Å². The van der Waals surface area contributed by atoms with Crippen LogP contribution in [-0.4, -0.2) is 125 Å². The molecule has 0 amide bonds. The predicted octanol–water partition coefficient (Wildman–Crippen LogP) is 6.28. The average Bonchev–Trinajstić information content (AvgIpc) is 3.48. The highest BCUT2D eigenvalue weighted by molar-refractivity contribution is 7.86. The zero-order valence-electron chi connectivity index (χ0n) is 37.1. The number of aryl methyl sites for hydroxylation is 1. The molecular weight excluding hydrogens is 817 g/mol. The number of benzene rings is 3. The lowest BCUT2D eigenvalue weighted by Crippen LogP contribution is -2.37. The summed E-state index contributed by atoms with van der Waals surface area (Å²) in [5.41, 5.74) is 4.23. The number of carboxylic acid groups (broad SMARTS) is 1. The van der Waals surface area contributed by atoms with Gasteiger partial charge >= 0.3 is 5.97 Å². The fourth-order valence-electron chi connectivity index (χ4n) is 8.07. The Kier molecular flexibility index (Phi) is 13.7. The van der Waals surface area contributed by atoms with Crippen molar-refractivity contribution < 1.29 is 54.1 Å². The van der Waals surface area contributed by atoms with Crippen molar-refractivity contribution in [2.24, 2.45) is 0 Å². The molecule has 2 aliphatic heterocycles. The predicted molar refractivity (Wildman–Crippen MR) is 235 cm³/mol. The average molecular weight is 878 g/mol. The maximum atomic E-state index is 12.2. The quantitative estimate of drug-likeness (QED) is 0.0505. The minimum absolute atomic E-state index is 0.00234. The number of hydrogen-bond donors (Lipinski definition) is 1. The molecular formula is C46H61N4O9S2+. The summed E-state index contributed by atoms with van der Waals surface area (Å²) in [5, 5.41) is 9.20. The van der Waals surface area contributed by atoms with Crippen LogP contribution >= 0.6 is 0 Å². The van der Waals surface area contributed by atoms with E-state index in [1.807, 2.05) is 64.1 Å². The molecule has 15 heteroatoms. The third-order valence-corrected chi connectivity index (χ3v) is 13.0. The lowest BCUT2D eigenvalue weighted by Gasteiger charge is -2.29. The summed E-state index contributed by atoms with van der Waals surface area (Å²) in [5.74, 6) is 0.0709. The van der Waals surface area contributed by atoms with Gasteiger partial charge in [0.1, 0.15) is 31.7 Å². The Morgan fingerprint density at radius 2 is 1.38 bits per heavy atom. The molecule has 0 atom stereocenters. The van der Waals surface area contributed by atoms with E-state index in [9.17, 15) is 35.8 Å². The van der Waals surface area contributed by atoms with Crippen LogP contribution in [0.5, 0.6) is 5.75 Å². The number of carboxylic acids is 1. The van der Waals surface area contributed by atoms with Gasteiger partial charge in [0.15, 0.2) is 12.3 Å². The third-order valence-electron chi connectivity index (χ3n) is 11.3. The van der Waals surface area contributed by atoms with Gasteiger partial charge < -0.3 is 32.8 Å². The molecule has 13 nitrogen and oxygen atoms in total. The number of rotatable bonds is 18. The summed E-state index contributed by atoms with van der Waals surface area (Å²) in [6, 6.07) is 16.3. The van der Waals surface area contributed by atoms with E-state index in [2.05, 4.69) is 51.8 Å². The van der Waals surface area contributed by atoms with Crippen molar-refractivity contribution in [3.63, 3.8) is 0 Å².